The van der Waals surface area contributed by atoms with Crippen molar-refractivity contribution in [3.05, 3.63) is 24.0 Å². The maximum Gasteiger partial charge on any atom is 0.309 e. The van der Waals surface area contributed by atoms with Crippen LogP contribution in [0.15, 0.2) is 18.2 Å². The standard InChI is InChI=1S/C16H20FNO4/c1-16(2,15(20)21)9-14(19)18-10-6-7-13(12(17)8-10)22-11-4-3-5-11/h6-8,11H,3-5,9H2,1-2H3,(H,18,19)(H,20,21). The molecule has 2 N–H and O–H groups in total. The third kappa shape index (κ3) is 3.96. The quantitative estimate of drug-likeness (QED) is 0.846. The van der Waals surface area contributed by atoms with Gasteiger partial charge in [-0.2, -0.15) is 0 Å². The molecule has 0 bridgehead atoms. The van der Waals surface area contributed by atoms with Gasteiger partial charge in [-0.25, -0.2) is 4.39 Å². The van der Waals surface area contributed by atoms with Gasteiger partial charge in [-0.3, -0.25) is 9.59 Å². The van der Waals surface area contributed by atoms with Gasteiger partial charge in [-0.1, -0.05) is 0 Å². The molecule has 0 heterocycles. The lowest BCUT2D eigenvalue weighted by Gasteiger charge is -2.26. The Bertz CT molecular complexity index is 582. The van der Waals surface area contributed by atoms with Crippen LogP contribution >= 0.6 is 0 Å². The molecule has 22 heavy (non-hydrogen) atoms. The third-order valence-corrected chi connectivity index (χ3v) is 3.74. The van der Waals surface area contributed by atoms with Crippen LogP contribution in [0.3, 0.4) is 0 Å². The predicted octanol–water partition coefficient (Wildman–Crippen LogP) is 3.20. The van der Waals surface area contributed by atoms with Crippen molar-refractivity contribution in [1.82, 2.24) is 0 Å². The maximum atomic E-state index is 13.9. The first-order chi connectivity index (χ1) is 10.3. The van der Waals surface area contributed by atoms with Gasteiger partial charge in [0, 0.05) is 18.2 Å². The molecule has 0 unspecified atom stereocenters. The number of hydrogen-bond donors (Lipinski definition) is 2. The summed E-state index contributed by atoms with van der Waals surface area (Å²) >= 11 is 0. The molecule has 0 aliphatic heterocycles. The SMILES string of the molecule is CC(C)(CC(=O)Nc1ccc(OC2CCC2)c(F)c1)C(=O)O. The average molecular weight is 309 g/mol. The number of carbonyl (C=O) groups is 2. The first-order valence-electron chi connectivity index (χ1n) is 7.27. The number of carboxylic acids is 1. The first kappa shape index (κ1) is 16.3. The second kappa shape index (κ2) is 6.34. The summed E-state index contributed by atoms with van der Waals surface area (Å²) in [6.45, 7) is 2.93. The molecule has 1 fully saturated rings. The Kier molecular flexibility index (Phi) is 4.68. The van der Waals surface area contributed by atoms with Crippen molar-refractivity contribution in [3.63, 3.8) is 0 Å². The van der Waals surface area contributed by atoms with Crippen molar-refractivity contribution in [2.45, 2.75) is 45.6 Å². The molecular weight excluding hydrogens is 289 g/mol. The number of benzene rings is 1. The minimum Gasteiger partial charge on any atom is -0.487 e. The van der Waals surface area contributed by atoms with Gasteiger partial charge >= 0.3 is 5.97 Å². The molecule has 1 aliphatic carbocycles. The summed E-state index contributed by atoms with van der Waals surface area (Å²) in [5.41, 5.74) is -0.889. The van der Waals surface area contributed by atoms with Crippen molar-refractivity contribution in [2.24, 2.45) is 5.41 Å². The van der Waals surface area contributed by atoms with Crippen molar-refractivity contribution in [3.8, 4) is 5.75 Å². The van der Waals surface area contributed by atoms with Crippen molar-refractivity contribution < 1.29 is 23.8 Å². The Balaban J connectivity index is 1.96. The van der Waals surface area contributed by atoms with E-state index in [0.29, 0.717) is 0 Å². The zero-order chi connectivity index (χ0) is 16.3. The number of carbonyl (C=O) groups excluding carboxylic acids is 1. The Hall–Kier alpha value is -2.11. The minimum absolute atomic E-state index is 0.0753. The largest absolute Gasteiger partial charge is 0.487 e. The molecule has 120 valence electrons. The summed E-state index contributed by atoms with van der Waals surface area (Å²) in [5, 5.41) is 11.5. The van der Waals surface area contributed by atoms with Gasteiger partial charge < -0.3 is 15.2 Å². The molecule has 1 aromatic carbocycles. The number of carboxylic acid groups (broad SMARTS) is 1. The number of nitrogens with one attached hydrogen (secondary N) is 1. The Morgan fingerprint density at radius 2 is 2.09 bits per heavy atom. The summed E-state index contributed by atoms with van der Waals surface area (Å²) in [4.78, 5) is 22.8. The predicted molar refractivity (Wildman–Crippen MR) is 79.3 cm³/mol. The summed E-state index contributed by atoms with van der Waals surface area (Å²) in [5.74, 6) is -1.90. The lowest BCUT2D eigenvalue weighted by atomic mass is 9.89. The van der Waals surface area contributed by atoms with Gasteiger partial charge in [-0.05, 0) is 45.2 Å². The van der Waals surface area contributed by atoms with Crippen molar-refractivity contribution in [2.75, 3.05) is 5.32 Å². The molecule has 6 heteroatoms. The lowest BCUT2D eigenvalue weighted by molar-refractivity contribution is -0.148. The minimum atomic E-state index is -1.17. The monoisotopic (exact) mass is 309 g/mol. The number of anilines is 1. The Labute approximate surface area is 128 Å². The summed E-state index contributed by atoms with van der Waals surface area (Å²) in [7, 11) is 0. The topological polar surface area (TPSA) is 75.6 Å². The normalized spacial score (nSPS) is 15.0. The summed E-state index contributed by atoms with van der Waals surface area (Å²) in [6, 6.07) is 4.20. The highest BCUT2D eigenvalue weighted by atomic mass is 19.1. The summed E-state index contributed by atoms with van der Waals surface area (Å²) < 4.78 is 19.4. The third-order valence-electron chi connectivity index (χ3n) is 3.74. The molecule has 0 aromatic heterocycles. The first-order valence-corrected chi connectivity index (χ1v) is 7.27. The average Bonchev–Trinajstić information content (AvgIpc) is 2.34. The van der Waals surface area contributed by atoms with Crippen LogP contribution in [0.4, 0.5) is 10.1 Å². The van der Waals surface area contributed by atoms with Crippen molar-refractivity contribution in [1.29, 1.82) is 0 Å². The van der Waals surface area contributed by atoms with E-state index in [-0.39, 0.29) is 24.0 Å². The van der Waals surface area contributed by atoms with Crippen LogP contribution in [0.25, 0.3) is 0 Å². The van der Waals surface area contributed by atoms with Crippen LogP contribution < -0.4 is 10.1 Å². The number of amides is 1. The lowest BCUT2D eigenvalue weighted by Crippen LogP contribution is -2.29. The molecule has 0 atom stereocenters. The van der Waals surface area contributed by atoms with E-state index in [1.54, 1.807) is 6.07 Å². The van der Waals surface area contributed by atoms with Crippen LogP contribution in [0.2, 0.25) is 0 Å². The second-order valence-corrected chi connectivity index (χ2v) is 6.23. The molecule has 1 aliphatic rings. The van der Waals surface area contributed by atoms with E-state index in [9.17, 15) is 14.0 Å². The summed E-state index contributed by atoms with van der Waals surface area (Å²) in [6.07, 6.45) is 2.85. The van der Waals surface area contributed by atoms with E-state index in [2.05, 4.69) is 5.32 Å². The van der Waals surface area contributed by atoms with E-state index in [4.69, 9.17) is 9.84 Å². The molecule has 1 amide bonds. The van der Waals surface area contributed by atoms with Gasteiger partial charge in [0.2, 0.25) is 5.91 Å². The maximum absolute atomic E-state index is 13.9. The fourth-order valence-electron chi connectivity index (χ4n) is 2.02. The molecular formula is C16H20FNO4. The van der Waals surface area contributed by atoms with Crippen LogP contribution in [0.5, 0.6) is 5.75 Å². The molecule has 0 radical (unpaired) electrons. The van der Waals surface area contributed by atoms with Crippen LogP contribution in [-0.2, 0) is 9.59 Å². The molecule has 0 spiro atoms. The molecule has 1 aromatic rings. The Morgan fingerprint density at radius 1 is 1.41 bits per heavy atom. The fourth-order valence-corrected chi connectivity index (χ4v) is 2.02. The zero-order valence-corrected chi connectivity index (χ0v) is 12.7. The van der Waals surface area contributed by atoms with Gasteiger partial charge in [-0.15, -0.1) is 0 Å². The van der Waals surface area contributed by atoms with E-state index < -0.39 is 23.1 Å². The number of aliphatic carboxylic acids is 1. The Morgan fingerprint density at radius 3 is 2.59 bits per heavy atom. The van der Waals surface area contributed by atoms with E-state index in [1.165, 1.54) is 26.0 Å². The van der Waals surface area contributed by atoms with Crippen LogP contribution in [0, 0.1) is 11.2 Å². The molecule has 2 rings (SSSR count). The zero-order valence-electron chi connectivity index (χ0n) is 12.7. The van der Waals surface area contributed by atoms with Crippen LogP contribution in [-0.4, -0.2) is 23.1 Å². The van der Waals surface area contributed by atoms with Crippen molar-refractivity contribution >= 4 is 17.6 Å². The van der Waals surface area contributed by atoms with E-state index in [1.807, 2.05) is 0 Å². The number of hydrogen-bond acceptors (Lipinski definition) is 3. The highest BCUT2D eigenvalue weighted by Gasteiger charge is 2.30. The second-order valence-electron chi connectivity index (χ2n) is 6.23. The fraction of sp³-hybridized carbons (Fsp3) is 0.500. The smallest absolute Gasteiger partial charge is 0.309 e. The van der Waals surface area contributed by atoms with E-state index in [0.717, 1.165) is 19.3 Å². The number of ether oxygens (including phenoxy) is 1. The van der Waals surface area contributed by atoms with Gasteiger partial charge in [0.05, 0.1) is 11.5 Å². The van der Waals surface area contributed by atoms with Gasteiger partial charge in [0.25, 0.3) is 0 Å². The van der Waals surface area contributed by atoms with E-state index >= 15 is 0 Å². The van der Waals surface area contributed by atoms with Gasteiger partial charge in [0.15, 0.2) is 11.6 Å². The van der Waals surface area contributed by atoms with Gasteiger partial charge in [0.1, 0.15) is 0 Å². The molecule has 1 saturated carbocycles. The molecule has 5 nitrogen and oxygen atoms in total. The highest BCUT2D eigenvalue weighted by Crippen LogP contribution is 2.29. The number of rotatable bonds is 6. The highest BCUT2D eigenvalue weighted by molar-refractivity contribution is 5.94. The van der Waals surface area contributed by atoms with Crippen LogP contribution in [0.1, 0.15) is 39.5 Å². The number of halogens is 1. The molecule has 0 saturated heterocycles.